The topological polar surface area (TPSA) is 24.1 Å². The normalized spacial score (nSPS) is 20.1. The van der Waals surface area contributed by atoms with Gasteiger partial charge in [0, 0.05) is 17.6 Å². The van der Waals surface area contributed by atoms with Crippen LogP contribution in [0, 0.1) is 5.92 Å². The molecule has 1 heterocycles. The standard InChI is InChI=1S/C12H17ClN2/c1-8(2)10-5-6-14-11-4-3-9(13)7-12(11)15-10/h3-4,7-8,10,14-15H,5-6H2,1-2H3. The van der Waals surface area contributed by atoms with E-state index in [4.69, 9.17) is 11.6 Å². The number of fused-ring (bicyclic) bond motifs is 1. The van der Waals surface area contributed by atoms with Gasteiger partial charge in [0.25, 0.3) is 0 Å². The molecule has 1 aliphatic rings. The van der Waals surface area contributed by atoms with Crippen molar-refractivity contribution in [3.05, 3.63) is 23.2 Å². The van der Waals surface area contributed by atoms with E-state index in [1.54, 1.807) is 0 Å². The molecular weight excluding hydrogens is 208 g/mol. The van der Waals surface area contributed by atoms with Crippen LogP contribution in [0.25, 0.3) is 0 Å². The molecule has 2 nitrogen and oxygen atoms in total. The number of halogens is 1. The van der Waals surface area contributed by atoms with Gasteiger partial charge in [-0.1, -0.05) is 25.4 Å². The Kier molecular flexibility index (Phi) is 3.06. The van der Waals surface area contributed by atoms with Crippen LogP contribution >= 0.6 is 11.6 Å². The molecule has 1 aliphatic heterocycles. The van der Waals surface area contributed by atoms with Crippen LogP contribution < -0.4 is 10.6 Å². The first-order valence-electron chi connectivity index (χ1n) is 5.47. The van der Waals surface area contributed by atoms with E-state index in [-0.39, 0.29) is 0 Å². The van der Waals surface area contributed by atoms with Crippen LogP contribution in [0.1, 0.15) is 20.3 Å². The number of hydrogen-bond acceptors (Lipinski definition) is 2. The second-order valence-corrected chi connectivity index (χ2v) is 4.84. The Morgan fingerprint density at radius 3 is 2.87 bits per heavy atom. The van der Waals surface area contributed by atoms with Gasteiger partial charge in [-0.3, -0.25) is 0 Å². The molecule has 0 bridgehead atoms. The summed E-state index contributed by atoms with van der Waals surface area (Å²) in [7, 11) is 0. The van der Waals surface area contributed by atoms with Crippen molar-refractivity contribution < 1.29 is 0 Å². The van der Waals surface area contributed by atoms with Crippen LogP contribution in [-0.2, 0) is 0 Å². The van der Waals surface area contributed by atoms with Crippen LogP contribution in [0.2, 0.25) is 5.02 Å². The Bertz CT molecular complexity index is 349. The van der Waals surface area contributed by atoms with Crippen LogP contribution in [-0.4, -0.2) is 12.6 Å². The maximum atomic E-state index is 5.99. The van der Waals surface area contributed by atoms with Crippen molar-refractivity contribution in [3.8, 4) is 0 Å². The van der Waals surface area contributed by atoms with Gasteiger partial charge in [0.15, 0.2) is 0 Å². The van der Waals surface area contributed by atoms with E-state index in [0.29, 0.717) is 12.0 Å². The molecule has 0 aromatic heterocycles. The van der Waals surface area contributed by atoms with Crippen molar-refractivity contribution in [2.45, 2.75) is 26.3 Å². The highest BCUT2D eigenvalue weighted by Gasteiger charge is 2.17. The Morgan fingerprint density at radius 1 is 1.33 bits per heavy atom. The first-order valence-corrected chi connectivity index (χ1v) is 5.84. The average molecular weight is 225 g/mol. The highest BCUT2D eigenvalue weighted by Crippen LogP contribution is 2.30. The number of rotatable bonds is 1. The molecule has 0 aliphatic carbocycles. The van der Waals surface area contributed by atoms with Crippen molar-refractivity contribution in [2.75, 3.05) is 17.2 Å². The lowest BCUT2D eigenvalue weighted by atomic mass is 10.0. The lowest BCUT2D eigenvalue weighted by Crippen LogP contribution is -2.25. The van der Waals surface area contributed by atoms with Crippen LogP contribution in [0.15, 0.2) is 18.2 Å². The van der Waals surface area contributed by atoms with Crippen molar-refractivity contribution in [1.82, 2.24) is 0 Å². The molecule has 3 heteroatoms. The Balaban J connectivity index is 2.27. The van der Waals surface area contributed by atoms with Gasteiger partial charge >= 0.3 is 0 Å². The Hall–Kier alpha value is -0.890. The van der Waals surface area contributed by atoms with Gasteiger partial charge < -0.3 is 10.6 Å². The molecule has 0 saturated carbocycles. The molecule has 15 heavy (non-hydrogen) atoms. The summed E-state index contributed by atoms with van der Waals surface area (Å²) < 4.78 is 0. The fourth-order valence-corrected chi connectivity index (χ4v) is 2.10. The monoisotopic (exact) mass is 224 g/mol. The summed E-state index contributed by atoms with van der Waals surface area (Å²) >= 11 is 5.99. The van der Waals surface area contributed by atoms with Gasteiger partial charge in [0.05, 0.1) is 11.4 Å². The van der Waals surface area contributed by atoms with Gasteiger partial charge in [0.2, 0.25) is 0 Å². The minimum Gasteiger partial charge on any atom is -0.383 e. The second kappa shape index (κ2) is 4.31. The number of hydrogen-bond donors (Lipinski definition) is 2. The Labute approximate surface area is 96.0 Å². The predicted octanol–water partition coefficient (Wildman–Crippen LogP) is 3.59. The van der Waals surface area contributed by atoms with Crippen LogP contribution in [0.5, 0.6) is 0 Å². The highest BCUT2D eigenvalue weighted by atomic mass is 35.5. The molecule has 1 atom stereocenters. The maximum absolute atomic E-state index is 5.99. The Morgan fingerprint density at radius 2 is 2.13 bits per heavy atom. The highest BCUT2D eigenvalue weighted by molar-refractivity contribution is 6.31. The fourth-order valence-electron chi connectivity index (χ4n) is 1.92. The third-order valence-electron chi connectivity index (χ3n) is 2.90. The lowest BCUT2D eigenvalue weighted by molar-refractivity contribution is 0.507. The maximum Gasteiger partial charge on any atom is 0.0593 e. The molecule has 2 rings (SSSR count). The number of anilines is 2. The number of nitrogens with one attached hydrogen (secondary N) is 2. The predicted molar refractivity (Wildman–Crippen MR) is 66.8 cm³/mol. The average Bonchev–Trinajstić information content (AvgIpc) is 2.39. The molecular formula is C12H17ClN2. The first-order chi connectivity index (χ1) is 7.16. The smallest absolute Gasteiger partial charge is 0.0593 e. The second-order valence-electron chi connectivity index (χ2n) is 4.40. The zero-order valence-electron chi connectivity index (χ0n) is 9.18. The van der Waals surface area contributed by atoms with Crippen molar-refractivity contribution in [2.24, 2.45) is 5.92 Å². The summed E-state index contributed by atoms with van der Waals surface area (Å²) in [4.78, 5) is 0. The van der Waals surface area contributed by atoms with Crippen molar-refractivity contribution in [3.63, 3.8) is 0 Å². The zero-order chi connectivity index (χ0) is 10.8. The lowest BCUT2D eigenvalue weighted by Gasteiger charge is -2.21. The molecule has 1 aromatic carbocycles. The molecule has 0 amide bonds. The van der Waals surface area contributed by atoms with E-state index in [1.165, 1.54) is 0 Å². The van der Waals surface area contributed by atoms with Gasteiger partial charge in [-0.2, -0.15) is 0 Å². The summed E-state index contributed by atoms with van der Waals surface area (Å²) in [6.07, 6.45) is 1.14. The molecule has 0 spiro atoms. The van der Waals surface area contributed by atoms with Gasteiger partial charge in [0.1, 0.15) is 0 Å². The van der Waals surface area contributed by atoms with Gasteiger partial charge in [-0.15, -0.1) is 0 Å². The minimum atomic E-state index is 0.525. The van der Waals surface area contributed by atoms with E-state index in [0.717, 1.165) is 29.4 Å². The summed E-state index contributed by atoms with van der Waals surface area (Å²) in [5.41, 5.74) is 2.28. The molecule has 82 valence electrons. The van der Waals surface area contributed by atoms with Crippen LogP contribution in [0.3, 0.4) is 0 Å². The van der Waals surface area contributed by atoms with E-state index in [1.807, 2.05) is 18.2 Å². The largest absolute Gasteiger partial charge is 0.383 e. The molecule has 0 radical (unpaired) electrons. The SMILES string of the molecule is CC(C)C1CCNc2ccc(Cl)cc2N1. The summed E-state index contributed by atoms with van der Waals surface area (Å²) in [6.45, 7) is 5.50. The quantitative estimate of drug-likeness (QED) is 0.762. The number of benzene rings is 1. The van der Waals surface area contributed by atoms with Crippen LogP contribution in [0.4, 0.5) is 11.4 Å². The molecule has 0 saturated heterocycles. The van der Waals surface area contributed by atoms with Gasteiger partial charge in [-0.25, -0.2) is 0 Å². The van der Waals surface area contributed by atoms with Gasteiger partial charge in [-0.05, 0) is 30.5 Å². The van der Waals surface area contributed by atoms with E-state index in [2.05, 4.69) is 24.5 Å². The first kappa shape index (κ1) is 10.6. The summed E-state index contributed by atoms with van der Waals surface area (Å²) in [5, 5.41) is 7.75. The van der Waals surface area contributed by atoms with E-state index >= 15 is 0 Å². The molecule has 1 unspecified atom stereocenters. The molecule has 1 aromatic rings. The molecule has 0 fully saturated rings. The summed E-state index contributed by atoms with van der Waals surface area (Å²) in [5.74, 6) is 0.636. The van der Waals surface area contributed by atoms with Crippen molar-refractivity contribution in [1.29, 1.82) is 0 Å². The van der Waals surface area contributed by atoms with E-state index < -0.39 is 0 Å². The third kappa shape index (κ3) is 2.37. The molecule has 2 N–H and O–H groups in total. The van der Waals surface area contributed by atoms with E-state index in [9.17, 15) is 0 Å². The third-order valence-corrected chi connectivity index (χ3v) is 3.13. The fraction of sp³-hybridized carbons (Fsp3) is 0.500. The minimum absolute atomic E-state index is 0.525. The van der Waals surface area contributed by atoms with Crippen molar-refractivity contribution >= 4 is 23.0 Å². The zero-order valence-corrected chi connectivity index (χ0v) is 9.93. The summed E-state index contributed by atoms with van der Waals surface area (Å²) in [6, 6.07) is 6.47.